The molecule has 2 aliphatic rings. The van der Waals surface area contributed by atoms with Gasteiger partial charge in [0.05, 0.1) is 5.60 Å². The van der Waals surface area contributed by atoms with E-state index in [1.54, 1.807) is 0 Å². The Morgan fingerprint density at radius 1 is 1.35 bits per heavy atom. The van der Waals surface area contributed by atoms with Crippen LogP contribution in [0.3, 0.4) is 0 Å². The minimum atomic E-state index is -0.275. The molecular formula is C17H24BrNO. The molecule has 2 atom stereocenters. The van der Waals surface area contributed by atoms with Crippen molar-refractivity contribution in [3.05, 3.63) is 34.3 Å². The first-order valence-corrected chi connectivity index (χ1v) is 8.50. The van der Waals surface area contributed by atoms with Gasteiger partial charge in [-0.15, -0.1) is 0 Å². The lowest BCUT2D eigenvalue weighted by atomic mass is 9.71. The lowest BCUT2D eigenvalue weighted by Crippen LogP contribution is -2.49. The Hall–Kier alpha value is -0.380. The smallest absolute Gasteiger partial charge is 0.0686 e. The quantitative estimate of drug-likeness (QED) is 0.869. The van der Waals surface area contributed by atoms with Crippen LogP contribution in [-0.2, 0) is 10.3 Å². The van der Waals surface area contributed by atoms with Crippen molar-refractivity contribution in [2.45, 2.75) is 56.6 Å². The number of halogens is 1. The van der Waals surface area contributed by atoms with Crippen LogP contribution in [0, 0.1) is 5.92 Å². The Labute approximate surface area is 130 Å². The van der Waals surface area contributed by atoms with Gasteiger partial charge in [0.1, 0.15) is 0 Å². The van der Waals surface area contributed by atoms with E-state index in [9.17, 15) is 0 Å². The summed E-state index contributed by atoms with van der Waals surface area (Å²) in [5, 5.41) is 0. The number of ether oxygens (including phenoxy) is 1. The second-order valence-corrected chi connectivity index (χ2v) is 7.64. The number of rotatable bonds is 2. The van der Waals surface area contributed by atoms with Gasteiger partial charge in [-0.1, -0.05) is 40.9 Å². The van der Waals surface area contributed by atoms with Crippen molar-refractivity contribution in [2.75, 3.05) is 6.61 Å². The van der Waals surface area contributed by atoms with Gasteiger partial charge in [0.15, 0.2) is 0 Å². The lowest BCUT2D eigenvalue weighted by Gasteiger charge is -2.45. The molecule has 2 N–H and O–H groups in total. The van der Waals surface area contributed by atoms with Crippen LogP contribution in [0.4, 0.5) is 0 Å². The van der Waals surface area contributed by atoms with Gasteiger partial charge < -0.3 is 10.5 Å². The number of hydrogen-bond donors (Lipinski definition) is 1. The van der Waals surface area contributed by atoms with E-state index in [0.29, 0.717) is 5.92 Å². The summed E-state index contributed by atoms with van der Waals surface area (Å²) >= 11 is 3.56. The van der Waals surface area contributed by atoms with E-state index < -0.39 is 0 Å². The fraction of sp³-hybridized carbons (Fsp3) is 0.647. The van der Waals surface area contributed by atoms with Crippen LogP contribution in [0.25, 0.3) is 0 Å². The molecular weight excluding hydrogens is 314 g/mol. The molecule has 20 heavy (non-hydrogen) atoms. The molecule has 2 unspecified atom stereocenters. The van der Waals surface area contributed by atoms with Crippen molar-refractivity contribution >= 4 is 15.9 Å². The Balaban J connectivity index is 1.83. The summed E-state index contributed by atoms with van der Waals surface area (Å²) in [6.07, 6.45) is 7.25. The van der Waals surface area contributed by atoms with E-state index in [-0.39, 0.29) is 11.1 Å². The average molecular weight is 338 g/mol. The summed E-state index contributed by atoms with van der Waals surface area (Å²) in [6, 6.07) is 8.45. The van der Waals surface area contributed by atoms with Crippen LogP contribution in [0.1, 0.15) is 51.0 Å². The minimum absolute atomic E-state index is 0.134. The summed E-state index contributed by atoms with van der Waals surface area (Å²) in [7, 11) is 0. The standard InChI is InChI=1S/C17H24BrNO/c1-16(19,13-5-4-6-15(18)11-13)14-7-10-20-17(12-14)8-2-3-9-17/h4-6,11,14H,2-3,7-10,12,19H2,1H3. The van der Waals surface area contributed by atoms with Crippen LogP contribution in [-0.4, -0.2) is 12.2 Å². The predicted octanol–water partition coefficient (Wildman–Crippen LogP) is 4.36. The maximum absolute atomic E-state index is 6.76. The van der Waals surface area contributed by atoms with Crippen molar-refractivity contribution in [1.82, 2.24) is 0 Å². The highest BCUT2D eigenvalue weighted by molar-refractivity contribution is 9.10. The van der Waals surface area contributed by atoms with Crippen molar-refractivity contribution in [2.24, 2.45) is 11.7 Å². The SMILES string of the molecule is CC(N)(c1cccc(Br)c1)C1CCOC2(CCCC2)C1. The molecule has 1 spiro atoms. The molecule has 2 fully saturated rings. The molecule has 0 amide bonds. The largest absolute Gasteiger partial charge is 0.375 e. The third kappa shape index (κ3) is 2.68. The zero-order chi connectivity index (χ0) is 14.2. The highest BCUT2D eigenvalue weighted by Gasteiger charge is 2.45. The second kappa shape index (κ2) is 5.43. The molecule has 0 aromatic heterocycles. The third-order valence-corrected chi connectivity index (χ3v) is 5.80. The fourth-order valence-corrected chi connectivity index (χ4v) is 4.37. The highest BCUT2D eigenvalue weighted by Crippen LogP contribution is 2.46. The lowest BCUT2D eigenvalue weighted by molar-refractivity contribution is -0.104. The Morgan fingerprint density at radius 2 is 2.10 bits per heavy atom. The van der Waals surface area contributed by atoms with Gasteiger partial charge in [-0.05, 0) is 56.2 Å². The summed E-state index contributed by atoms with van der Waals surface area (Å²) in [6.45, 7) is 3.05. The van der Waals surface area contributed by atoms with E-state index in [2.05, 4.69) is 47.1 Å². The molecule has 0 radical (unpaired) electrons. The van der Waals surface area contributed by atoms with Crippen molar-refractivity contribution < 1.29 is 4.74 Å². The van der Waals surface area contributed by atoms with Gasteiger partial charge in [-0.2, -0.15) is 0 Å². The second-order valence-electron chi connectivity index (χ2n) is 6.72. The normalized spacial score (nSPS) is 28.4. The van der Waals surface area contributed by atoms with Gasteiger partial charge in [0.2, 0.25) is 0 Å². The Kier molecular flexibility index (Phi) is 3.95. The molecule has 3 heteroatoms. The summed E-state index contributed by atoms with van der Waals surface area (Å²) < 4.78 is 7.25. The van der Waals surface area contributed by atoms with Crippen LogP contribution in [0.15, 0.2) is 28.7 Å². The fourth-order valence-electron chi connectivity index (χ4n) is 3.97. The van der Waals surface area contributed by atoms with E-state index >= 15 is 0 Å². The van der Waals surface area contributed by atoms with Gasteiger partial charge in [0.25, 0.3) is 0 Å². The van der Waals surface area contributed by atoms with Gasteiger partial charge >= 0.3 is 0 Å². The van der Waals surface area contributed by atoms with Crippen molar-refractivity contribution in [3.63, 3.8) is 0 Å². The van der Waals surface area contributed by atoms with Crippen LogP contribution >= 0.6 is 15.9 Å². The van der Waals surface area contributed by atoms with Gasteiger partial charge in [-0.3, -0.25) is 0 Å². The van der Waals surface area contributed by atoms with E-state index in [1.807, 2.05) is 0 Å². The maximum Gasteiger partial charge on any atom is 0.0686 e. The number of hydrogen-bond acceptors (Lipinski definition) is 2. The molecule has 110 valence electrons. The van der Waals surface area contributed by atoms with Gasteiger partial charge in [0, 0.05) is 16.6 Å². The monoisotopic (exact) mass is 337 g/mol. The zero-order valence-electron chi connectivity index (χ0n) is 12.2. The molecule has 1 saturated carbocycles. The maximum atomic E-state index is 6.76. The number of benzene rings is 1. The Morgan fingerprint density at radius 3 is 2.80 bits per heavy atom. The first-order chi connectivity index (χ1) is 9.52. The molecule has 2 nitrogen and oxygen atoms in total. The molecule has 3 rings (SSSR count). The summed E-state index contributed by atoms with van der Waals surface area (Å²) in [4.78, 5) is 0. The van der Waals surface area contributed by atoms with E-state index in [0.717, 1.165) is 23.9 Å². The molecule has 1 aromatic carbocycles. The van der Waals surface area contributed by atoms with Crippen LogP contribution in [0.2, 0.25) is 0 Å². The Bertz CT molecular complexity index is 480. The number of nitrogens with two attached hydrogens (primary N) is 1. The first-order valence-electron chi connectivity index (χ1n) is 7.71. The third-order valence-electron chi connectivity index (χ3n) is 5.30. The molecule has 1 aliphatic carbocycles. The summed E-state index contributed by atoms with van der Waals surface area (Å²) in [5.41, 5.74) is 7.84. The van der Waals surface area contributed by atoms with E-state index in [4.69, 9.17) is 10.5 Å². The van der Waals surface area contributed by atoms with Gasteiger partial charge in [-0.25, -0.2) is 0 Å². The zero-order valence-corrected chi connectivity index (χ0v) is 13.8. The van der Waals surface area contributed by atoms with Crippen molar-refractivity contribution in [1.29, 1.82) is 0 Å². The minimum Gasteiger partial charge on any atom is -0.375 e. The van der Waals surface area contributed by atoms with Crippen LogP contribution < -0.4 is 5.73 Å². The first kappa shape index (κ1) is 14.6. The molecule has 0 bridgehead atoms. The van der Waals surface area contributed by atoms with E-state index in [1.165, 1.54) is 31.2 Å². The predicted molar refractivity (Wildman–Crippen MR) is 85.6 cm³/mol. The molecule has 1 aliphatic heterocycles. The average Bonchev–Trinajstić information content (AvgIpc) is 2.87. The highest BCUT2D eigenvalue weighted by atomic mass is 79.9. The van der Waals surface area contributed by atoms with Crippen LogP contribution in [0.5, 0.6) is 0 Å². The molecule has 1 saturated heterocycles. The molecule has 1 heterocycles. The molecule has 1 aromatic rings. The topological polar surface area (TPSA) is 35.2 Å². The summed E-state index contributed by atoms with van der Waals surface area (Å²) in [5.74, 6) is 0.503. The van der Waals surface area contributed by atoms with Crippen molar-refractivity contribution in [3.8, 4) is 0 Å².